The monoisotopic (exact) mass is 481 g/mol. The van der Waals surface area contributed by atoms with Crippen molar-refractivity contribution in [1.29, 1.82) is 0 Å². The number of carbonyl (C=O) groups excluding carboxylic acids is 1. The third-order valence-corrected chi connectivity index (χ3v) is 11.2. The number of esters is 1. The Bertz CT molecular complexity index is 950. The van der Waals surface area contributed by atoms with Crippen molar-refractivity contribution in [2.45, 2.75) is 84.3 Å². The van der Waals surface area contributed by atoms with Crippen LogP contribution in [0.3, 0.4) is 0 Å². The number of nitrogens with zero attached hydrogens (tertiary/aromatic N) is 1. The van der Waals surface area contributed by atoms with Crippen LogP contribution in [0.2, 0.25) is 0 Å². The molecule has 0 bridgehead atoms. The first kappa shape index (κ1) is 23.8. The van der Waals surface area contributed by atoms with Gasteiger partial charge in [-0.15, -0.1) is 0 Å². The van der Waals surface area contributed by atoms with Crippen LogP contribution in [0.1, 0.15) is 77.9 Å². The lowest BCUT2D eigenvalue weighted by molar-refractivity contribution is -0.160. The van der Waals surface area contributed by atoms with Gasteiger partial charge in [0.1, 0.15) is 11.9 Å². The molecule has 5 fully saturated rings. The molecule has 35 heavy (non-hydrogen) atoms. The summed E-state index contributed by atoms with van der Waals surface area (Å²) < 4.78 is 17.4. The van der Waals surface area contributed by atoms with Crippen molar-refractivity contribution in [3.63, 3.8) is 0 Å². The van der Waals surface area contributed by atoms with E-state index in [9.17, 15) is 4.79 Å². The molecule has 192 valence electrons. The van der Waals surface area contributed by atoms with Gasteiger partial charge in [0.2, 0.25) is 0 Å². The minimum atomic E-state index is -0.165. The molecular formula is C30H43NO4. The second-order valence-electron chi connectivity index (χ2n) is 12.7. The third kappa shape index (κ3) is 4.01. The molecule has 5 aliphatic rings. The van der Waals surface area contributed by atoms with Crippen LogP contribution in [-0.4, -0.2) is 49.3 Å². The summed E-state index contributed by atoms with van der Waals surface area (Å²) in [6.07, 6.45) is 14.0. The van der Waals surface area contributed by atoms with Crippen LogP contribution in [0, 0.1) is 34.5 Å². The Hall–Kier alpha value is -1.59. The number of morpholine rings is 1. The molecule has 6 rings (SSSR count). The average molecular weight is 482 g/mol. The average Bonchev–Trinajstić information content (AvgIpc) is 3.45. The Kier molecular flexibility index (Phi) is 6.16. The van der Waals surface area contributed by atoms with E-state index in [1.165, 1.54) is 44.1 Å². The fourth-order valence-corrected chi connectivity index (χ4v) is 9.42. The van der Waals surface area contributed by atoms with Gasteiger partial charge < -0.3 is 13.9 Å². The van der Waals surface area contributed by atoms with Gasteiger partial charge in [0.05, 0.1) is 19.5 Å². The zero-order chi connectivity index (χ0) is 24.2. The molecule has 1 saturated heterocycles. The van der Waals surface area contributed by atoms with E-state index in [2.05, 4.69) is 24.8 Å². The first-order valence-electron chi connectivity index (χ1n) is 14.1. The molecule has 5 nitrogen and oxygen atoms in total. The van der Waals surface area contributed by atoms with E-state index >= 15 is 0 Å². The summed E-state index contributed by atoms with van der Waals surface area (Å²) in [4.78, 5) is 14.9. The lowest BCUT2D eigenvalue weighted by Crippen LogP contribution is -2.56. The highest BCUT2D eigenvalue weighted by Crippen LogP contribution is 2.67. The zero-order valence-electron chi connectivity index (χ0n) is 21.8. The normalized spacial score (nSPS) is 44.9. The summed E-state index contributed by atoms with van der Waals surface area (Å²) >= 11 is 0. The molecule has 5 heteroatoms. The van der Waals surface area contributed by atoms with Crippen molar-refractivity contribution < 1.29 is 18.7 Å². The van der Waals surface area contributed by atoms with Gasteiger partial charge in [-0.2, -0.15) is 0 Å². The molecule has 4 unspecified atom stereocenters. The summed E-state index contributed by atoms with van der Waals surface area (Å²) in [5.41, 5.74) is 1.74. The predicted octanol–water partition coefficient (Wildman–Crippen LogP) is 5.95. The maximum Gasteiger partial charge on any atom is 0.303 e. The lowest BCUT2D eigenvalue weighted by Gasteiger charge is -2.61. The largest absolute Gasteiger partial charge is 0.465 e. The summed E-state index contributed by atoms with van der Waals surface area (Å²) in [6, 6.07) is 4.69. The van der Waals surface area contributed by atoms with Crippen LogP contribution in [0.5, 0.6) is 0 Å². The van der Waals surface area contributed by atoms with Gasteiger partial charge in [-0.25, -0.2) is 0 Å². The number of hydrogen-bond acceptors (Lipinski definition) is 5. The van der Waals surface area contributed by atoms with Crippen LogP contribution in [0.15, 0.2) is 28.4 Å². The van der Waals surface area contributed by atoms with Crippen LogP contribution in [-0.2, 0) is 14.3 Å². The van der Waals surface area contributed by atoms with Gasteiger partial charge in [0.15, 0.2) is 0 Å². The van der Waals surface area contributed by atoms with E-state index in [-0.39, 0.29) is 17.5 Å². The summed E-state index contributed by atoms with van der Waals surface area (Å²) in [7, 11) is 0. The predicted molar refractivity (Wildman–Crippen MR) is 136 cm³/mol. The lowest BCUT2D eigenvalue weighted by atomic mass is 9.45. The van der Waals surface area contributed by atoms with E-state index in [0.717, 1.165) is 68.7 Å². The molecule has 2 heterocycles. The fourth-order valence-electron chi connectivity index (χ4n) is 9.42. The van der Waals surface area contributed by atoms with Crippen LogP contribution in [0.25, 0.3) is 6.08 Å². The molecule has 1 aromatic rings. The Labute approximate surface area is 210 Å². The van der Waals surface area contributed by atoms with Crippen molar-refractivity contribution in [3.8, 4) is 0 Å². The third-order valence-electron chi connectivity index (χ3n) is 11.2. The number of furan rings is 1. The van der Waals surface area contributed by atoms with Crippen LogP contribution in [0.4, 0.5) is 0 Å². The fraction of sp³-hybridized carbons (Fsp3) is 0.767. The molecule has 0 amide bonds. The van der Waals surface area contributed by atoms with Gasteiger partial charge in [0, 0.05) is 31.5 Å². The van der Waals surface area contributed by atoms with E-state index in [1.807, 2.05) is 12.1 Å². The summed E-state index contributed by atoms with van der Waals surface area (Å²) in [6.45, 7) is 10.7. The maximum atomic E-state index is 12.2. The van der Waals surface area contributed by atoms with Gasteiger partial charge in [-0.05, 0) is 104 Å². The molecule has 0 radical (unpaired) electrons. The first-order chi connectivity index (χ1) is 16.9. The van der Waals surface area contributed by atoms with Gasteiger partial charge >= 0.3 is 5.97 Å². The molecule has 0 N–H and O–H groups in total. The molecule has 1 aromatic heterocycles. The Balaban J connectivity index is 1.24. The minimum Gasteiger partial charge on any atom is -0.465 e. The topological polar surface area (TPSA) is 51.9 Å². The van der Waals surface area contributed by atoms with Crippen molar-refractivity contribution in [2.24, 2.45) is 34.5 Å². The molecule has 0 aromatic carbocycles. The van der Waals surface area contributed by atoms with Crippen LogP contribution < -0.4 is 0 Å². The van der Waals surface area contributed by atoms with E-state index in [0.29, 0.717) is 11.3 Å². The SMILES string of the molecule is CC(=O)O[C@H]1/C(=C/c2ccco2)CC2C3CCC4C[C@@H](N5CCOCC5)CC[C@]4(C)C3CC[C@@]21C. The molecule has 4 saturated carbocycles. The molecule has 1 aliphatic heterocycles. The highest BCUT2D eigenvalue weighted by atomic mass is 16.5. The Morgan fingerprint density at radius 1 is 1.09 bits per heavy atom. The number of fused-ring (bicyclic) bond motifs is 5. The number of carbonyl (C=O) groups is 1. The van der Waals surface area contributed by atoms with Crippen molar-refractivity contribution in [2.75, 3.05) is 26.3 Å². The maximum absolute atomic E-state index is 12.2. The first-order valence-corrected chi connectivity index (χ1v) is 14.1. The highest BCUT2D eigenvalue weighted by Gasteiger charge is 2.62. The molecule has 4 aliphatic carbocycles. The van der Waals surface area contributed by atoms with Crippen LogP contribution >= 0.6 is 0 Å². The van der Waals surface area contributed by atoms with Gasteiger partial charge in [0.25, 0.3) is 0 Å². The van der Waals surface area contributed by atoms with E-state index < -0.39 is 0 Å². The number of ether oxygens (including phenoxy) is 2. The molecule has 0 spiro atoms. The highest BCUT2D eigenvalue weighted by molar-refractivity contribution is 5.67. The Morgan fingerprint density at radius 2 is 1.89 bits per heavy atom. The zero-order valence-corrected chi connectivity index (χ0v) is 21.8. The van der Waals surface area contributed by atoms with Crippen molar-refractivity contribution >= 4 is 12.0 Å². The van der Waals surface area contributed by atoms with Gasteiger partial charge in [-0.3, -0.25) is 9.69 Å². The minimum absolute atomic E-state index is 0.0272. The quantitative estimate of drug-likeness (QED) is 0.500. The molecule has 8 atom stereocenters. The van der Waals surface area contributed by atoms with E-state index in [1.54, 1.807) is 13.2 Å². The standard InChI is InChI=1S/C30H43NO4/c1-20(32)35-28-21(17-24-5-4-14-34-24)18-27-25-7-6-22-19-23(31-12-15-33-16-13-31)8-10-29(22,2)26(25)9-11-30(27,28)3/h4-5,14,17,22-23,25-28H,6-13,15-16,18-19H2,1-3H3/b21-17+/t22?,23-,25?,26?,27?,28-,29-,30-/m0/s1. The number of hydrogen-bond donors (Lipinski definition) is 0. The Morgan fingerprint density at radius 3 is 2.63 bits per heavy atom. The summed E-state index contributed by atoms with van der Waals surface area (Å²) in [5, 5.41) is 0. The van der Waals surface area contributed by atoms with E-state index in [4.69, 9.17) is 13.9 Å². The second-order valence-corrected chi connectivity index (χ2v) is 12.7. The van der Waals surface area contributed by atoms with Crippen molar-refractivity contribution in [3.05, 3.63) is 29.7 Å². The molecular weight excluding hydrogens is 438 g/mol. The van der Waals surface area contributed by atoms with Crippen molar-refractivity contribution in [1.82, 2.24) is 4.90 Å². The number of rotatable bonds is 3. The van der Waals surface area contributed by atoms with Gasteiger partial charge in [-0.1, -0.05) is 13.8 Å². The second kappa shape index (κ2) is 9.06. The summed E-state index contributed by atoms with van der Waals surface area (Å²) in [5.74, 6) is 3.66. The smallest absolute Gasteiger partial charge is 0.303 e.